The van der Waals surface area contributed by atoms with E-state index >= 15 is 0 Å². The van der Waals surface area contributed by atoms with Gasteiger partial charge in [-0.1, -0.05) is 60.7 Å². The third-order valence-corrected chi connectivity index (χ3v) is 7.38. The van der Waals surface area contributed by atoms with Crippen molar-refractivity contribution in [1.29, 1.82) is 0 Å². The molecule has 0 aliphatic heterocycles. The molecular formula is C34H28F10O6. The molecule has 4 rings (SSSR count). The van der Waals surface area contributed by atoms with Crippen LogP contribution in [0.3, 0.4) is 0 Å². The van der Waals surface area contributed by atoms with Gasteiger partial charge in [-0.3, -0.25) is 0 Å². The zero-order chi connectivity index (χ0) is 36.5. The Labute approximate surface area is 278 Å². The van der Waals surface area contributed by atoms with Crippen molar-refractivity contribution in [3.8, 4) is 0 Å². The van der Waals surface area contributed by atoms with E-state index in [-0.39, 0.29) is 13.2 Å². The number of benzene rings is 4. The average Bonchev–Trinajstić information content (AvgIpc) is 3.13. The van der Waals surface area contributed by atoms with Gasteiger partial charge in [0.05, 0.1) is 50.8 Å². The van der Waals surface area contributed by atoms with Crippen molar-refractivity contribution >= 4 is 0 Å². The molecule has 0 aliphatic carbocycles. The fourth-order valence-corrected chi connectivity index (χ4v) is 4.60. The lowest BCUT2D eigenvalue weighted by Crippen LogP contribution is -2.49. The number of aliphatic hydroxyl groups is 2. The highest BCUT2D eigenvalue weighted by Crippen LogP contribution is 2.27. The largest absolute Gasteiger partial charge is 0.388 e. The molecular weight excluding hydrogens is 694 g/mol. The molecule has 2 N–H and O–H groups in total. The predicted molar refractivity (Wildman–Crippen MR) is 154 cm³/mol. The van der Waals surface area contributed by atoms with Gasteiger partial charge >= 0.3 is 0 Å². The molecule has 0 saturated carbocycles. The molecule has 0 bridgehead atoms. The van der Waals surface area contributed by atoms with Crippen molar-refractivity contribution in [2.24, 2.45) is 0 Å². The van der Waals surface area contributed by atoms with Gasteiger partial charge in [-0.15, -0.1) is 0 Å². The van der Waals surface area contributed by atoms with E-state index in [9.17, 15) is 54.1 Å². The molecule has 0 fully saturated rings. The van der Waals surface area contributed by atoms with Gasteiger partial charge in [0.1, 0.15) is 24.4 Å². The fourth-order valence-electron chi connectivity index (χ4n) is 4.60. The van der Waals surface area contributed by atoms with Crippen LogP contribution in [0.1, 0.15) is 22.3 Å². The lowest BCUT2D eigenvalue weighted by Gasteiger charge is -2.32. The van der Waals surface area contributed by atoms with Crippen molar-refractivity contribution in [2.45, 2.75) is 50.8 Å². The molecule has 0 aromatic heterocycles. The van der Waals surface area contributed by atoms with E-state index in [2.05, 4.69) is 0 Å². The number of ether oxygens (including phenoxy) is 4. The summed E-state index contributed by atoms with van der Waals surface area (Å²) in [4.78, 5) is 0. The Morgan fingerprint density at radius 3 is 0.980 bits per heavy atom. The maximum absolute atomic E-state index is 14.4. The van der Waals surface area contributed by atoms with Crippen LogP contribution in [0.4, 0.5) is 43.9 Å². The minimum Gasteiger partial charge on any atom is -0.388 e. The summed E-state index contributed by atoms with van der Waals surface area (Å²) in [5, 5.41) is 22.3. The van der Waals surface area contributed by atoms with E-state index in [1.165, 1.54) is 0 Å². The molecule has 0 heterocycles. The van der Waals surface area contributed by atoms with Gasteiger partial charge in [0, 0.05) is 0 Å². The third-order valence-electron chi connectivity index (χ3n) is 7.38. The average molecular weight is 723 g/mol. The second-order valence-electron chi connectivity index (χ2n) is 10.8. The second-order valence-corrected chi connectivity index (χ2v) is 10.8. The van der Waals surface area contributed by atoms with Gasteiger partial charge in [-0.2, -0.15) is 0 Å². The lowest BCUT2D eigenvalue weighted by molar-refractivity contribution is -0.170. The van der Waals surface area contributed by atoms with Crippen molar-refractivity contribution in [3.05, 3.63) is 141 Å². The summed E-state index contributed by atoms with van der Waals surface area (Å²) in [7, 11) is 0. The van der Waals surface area contributed by atoms with Crippen LogP contribution < -0.4 is 0 Å². The maximum atomic E-state index is 14.4. The SMILES string of the molecule is O[C@@H]([C@H](O)[C@@H](COCc1ccccc1)OCc1c(F)c(F)c(F)c(F)c1F)[C@@H](COCc1ccccc1)OCc1c(F)c(F)c(F)c(F)c1F. The Morgan fingerprint density at radius 2 is 0.680 bits per heavy atom. The van der Waals surface area contributed by atoms with Gasteiger partial charge < -0.3 is 29.2 Å². The quantitative estimate of drug-likeness (QED) is 0.0718. The van der Waals surface area contributed by atoms with Crippen LogP contribution in [-0.2, 0) is 45.4 Å². The van der Waals surface area contributed by atoms with Crippen molar-refractivity contribution < 1.29 is 73.1 Å². The van der Waals surface area contributed by atoms with Crippen molar-refractivity contribution in [1.82, 2.24) is 0 Å². The number of hydrogen-bond donors (Lipinski definition) is 2. The molecule has 50 heavy (non-hydrogen) atoms. The summed E-state index contributed by atoms with van der Waals surface area (Å²) in [6.45, 7) is -4.33. The first-order valence-electron chi connectivity index (χ1n) is 14.7. The van der Waals surface area contributed by atoms with Crippen molar-refractivity contribution in [3.63, 3.8) is 0 Å². The zero-order valence-electron chi connectivity index (χ0n) is 25.6. The summed E-state index contributed by atoms with van der Waals surface area (Å²) in [6.07, 6.45) is -8.07. The van der Waals surface area contributed by atoms with E-state index in [4.69, 9.17) is 18.9 Å². The molecule has 0 unspecified atom stereocenters. The first-order chi connectivity index (χ1) is 23.8. The van der Waals surface area contributed by atoms with Crippen molar-refractivity contribution in [2.75, 3.05) is 13.2 Å². The topological polar surface area (TPSA) is 77.4 Å². The van der Waals surface area contributed by atoms with Crippen LogP contribution in [0, 0.1) is 58.2 Å². The number of halogens is 10. The highest BCUT2D eigenvalue weighted by molar-refractivity contribution is 5.24. The molecule has 0 saturated heterocycles. The Morgan fingerprint density at radius 1 is 0.400 bits per heavy atom. The molecule has 6 nitrogen and oxygen atoms in total. The molecule has 4 aromatic rings. The number of rotatable bonds is 17. The van der Waals surface area contributed by atoms with Crippen LogP contribution in [0.5, 0.6) is 0 Å². The number of aliphatic hydroxyl groups excluding tert-OH is 2. The summed E-state index contributed by atoms with van der Waals surface area (Å²) in [5.74, 6) is -22.8. The highest BCUT2D eigenvalue weighted by Gasteiger charge is 2.36. The first-order valence-corrected chi connectivity index (χ1v) is 14.7. The van der Waals surface area contributed by atoms with Crippen LogP contribution in [0.15, 0.2) is 60.7 Å². The summed E-state index contributed by atoms with van der Waals surface area (Å²) in [5.41, 5.74) is -1.64. The van der Waals surface area contributed by atoms with Crippen LogP contribution in [0.2, 0.25) is 0 Å². The lowest BCUT2D eigenvalue weighted by atomic mass is 10.0. The van der Waals surface area contributed by atoms with Gasteiger partial charge in [0.25, 0.3) is 0 Å². The predicted octanol–water partition coefficient (Wildman–Crippen LogP) is 6.70. The zero-order valence-corrected chi connectivity index (χ0v) is 25.6. The monoisotopic (exact) mass is 722 g/mol. The Balaban J connectivity index is 1.59. The fraction of sp³-hybridized carbons (Fsp3) is 0.294. The minimum absolute atomic E-state index is 0.146. The molecule has 0 aliphatic rings. The van der Waals surface area contributed by atoms with Gasteiger partial charge in [0.15, 0.2) is 46.5 Å². The van der Waals surface area contributed by atoms with E-state index < -0.39 is 120 Å². The Bertz CT molecular complexity index is 1550. The van der Waals surface area contributed by atoms with Gasteiger partial charge in [-0.05, 0) is 11.1 Å². The molecule has 0 radical (unpaired) electrons. The molecule has 4 aromatic carbocycles. The molecule has 0 amide bonds. The maximum Gasteiger partial charge on any atom is 0.200 e. The van der Waals surface area contributed by atoms with Gasteiger partial charge in [-0.25, -0.2) is 43.9 Å². The van der Waals surface area contributed by atoms with E-state index in [1.807, 2.05) is 0 Å². The summed E-state index contributed by atoms with van der Waals surface area (Å²) < 4.78 is 162. The van der Waals surface area contributed by atoms with E-state index in [1.54, 1.807) is 60.7 Å². The smallest absolute Gasteiger partial charge is 0.200 e. The van der Waals surface area contributed by atoms with Crippen LogP contribution in [-0.4, -0.2) is 47.8 Å². The third kappa shape index (κ3) is 9.18. The highest BCUT2D eigenvalue weighted by atomic mass is 19.2. The van der Waals surface area contributed by atoms with E-state index in [0.717, 1.165) is 0 Å². The molecule has 16 heteroatoms. The standard InChI is InChI=1S/C34H28F10O6/c35-23-19(24(36)28(40)31(43)27(23)39)13-49-21(15-47-11-17-7-3-1-4-8-17)33(45)34(46)22(16-48-12-18-9-5-2-6-10-18)50-14-20-25(37)29(41)32(44)30(42)26(20)38/h1-10,21-22,33-34,45-46H,11-16H2/t21-,22-,33-,34-/m1/s1. The normalized spacial score (nSPS) is 14.1. The summed E-state index contributed by atoms with van der Waals surface area (Å²) >= 11 is 0. The second kappa shape index (κ2) is 17.7. The van der Waals surface area contributed by atoms with E-state index in [0.29, 0.717) is 11.1 Å². The molecule has 0 spiro atoms. The first kappa shape index (κ1) is 38.7. The molecule has 270 valence electrons. The minimum atomic E-state index is -2.42. The van der Waals surface area contributed by atoms with Gasteiger partial charge in [0.2, 0.25) is 11.6 Å². The molecule has 4 atom stereocenters. The Kier molecular flexibility index (Phi) is 13.7. The summed E-state index contributed by atoms with van der Waals surface area (Å²) in [6, 6.07) is 16.6. The number of hydrogen-bond acceptors (Lipinski definition) is 6. The van der Waals surface area contributed by atoms with Crippen LogP contribution >= 0.6 is 0 Å². The van der Waals surface area contributed by atoms with Crippen LogP contribution in [0.25, 0.3) is 0 Å². The Hall–Kier alpha value is -4.06.